The molecule has 0 spiro atoms. The summed E-state index contributed by atoms with van der Waals surface area (Å²) in [6, 6.07) is 11.3. The second kappa shape index (κ2) is 6.09. The number of allylic oxidation sites excluding steroid dienone is 1. The average Bonchev–Trinajstić information content (AvgIpc) is 3.24. The van der Waals surface area contributed by atoms with Crippen molar-refractivity contribution >= 4 is 17.8 Å². The number of ether oxygens (including phenoxy) is 2. The van der Waals surface area contributed by atoms with Gasteiger partial charge in [-0.2, -0.15) is 0 Å². The molecule has 1 aromatic carbocycles. The van der Waals surface area contributed by atoms with Gasteiger partial charge < -0.3 is 13.9 Å². The summed E-state index contributed by atoms with van der Waals surface area (Å²) in [5.41, 5.74) is 0.734. The Morgan fingerprint density at radius 1 is 1.16 bits per heavy atom. The number of furan rings is 1. The Hall–Kier alpha value is -3.67. The lowest BCUT2D eigenvalue weighted by Gasteiger charge is -2.05. The third kappa shape index (κ3) is 2.92. The lowest BCUT2D eigenvalue weighted by molar-refractivity contribution is 0.0734. The van der Waals surface area contributed by atoms with Crippen LogP contribution in [0.4, 0.5) is 0 Å². The summed E-state index contributed by atoms with van der Waals surface area (Å²) >= 11 is 0. The van der Waals surface area contributed by atoms with Crippen LogP contribution in [-0.2, 0) is 0 Å². The van der Waals surface area contributed by atoms with E-state index in [1.807, 2.05) is 0 Å². The summed E-state index contributed by atoms with van der Waals surface area (Å²) in [6.07, 6.45) is 6.01. The van der Waals surface area contributed by atoms with E-state index in [4.69, 9.17) is 13.9 Å². The van der Waals surface area contributed by atoms with E-state index >= 15 is 0 Å². The zero-order valence-corrected chi connectivity index (χ0v) is 12.8. The van der Waals surface area contributed by atoms with E-state index in [9.17, 15) is 9.59 Å². The topological polar surface area (TPSA) is 78.6 Å². The van der Waals surface area contributed by atoms with Crippen molar-refractivity contribution in [1.82, 2.24) is 4.98 Å². The van der Waals surface area contributed by atoms with Gasteiger partial charge in [0.2, 0.25) is 5.78 Å². The SMILES string of the molecule is O=C(Oc1ccc2c(c1)O/C(=C\c1ccco1)C2=O)c1cccnc1. The number of nitrogens with zero attached hydrogens (tertiary/aromatic N) is 1. The molecule has 0 saturated heterocycles. The molecule has 0 amide bonds. The van der Waals surface area contributed by atoms with Crippen molar-refractivity contribution in [3.8, 4) is 11.5 Å². The molecule has 0 atom stereocenters. The van der Waals surface area contributed by atoms with Crippen LogP contribution < -0.4 is 9.47 Å². The third-order valence-corrected chi connectivity index (χ3v) is 3.57. The Labute approximate surface area is 142 Å². The number of Topliss-reactive ketones (excluding diaryl/α,β-unsaturated/α-hetero) is 1. The van der Waals surface area contributed by atoms with Gasteiger partial charge in [0.1, 0.15) is 17.3 Å². The first kappa shape index (κ1) is 14.9. The Morgan fingerprint density at radius 2 is 2.08 bits per heavy atom. The van der Waals surface area contributed by atoms with Gasteiger partial charge in [0.15, 0.2) is 5.76 Å². The van der Waals surface area contributed by atoms with Crippen molar-refractivity contribution in [3.63, 3.8) is 0 Å². The molecule has 0 aliphatic carbocycles. The van der Waals surface area contributed by atoms with E-state index < -0.39 is 5.97 Å². The van der Waals surface area contributed by atoms with Crippen LogP contribution in [0.5, 0.6) is 11.5 Å². The van der Waals surface area contributed by atoms with Crippen LogP contribution >= 0.6 is 0 Å². The number of benzene rings is 1. The van der Waals surface area contributed by atoms with E-state index in [-0.39, 0.29) is 17.3 Å². The average molecular weight is 333 g/mol. The van der Waals surface area contributed by atoms with E-state index in [0.29, 0.717) is 22.6 Å². The number of hydrogen-bond acceptors (Lipinski definition) is 6. The molecule has 6 nitrogen and oxygen atoms in total. The molecule has 0 unspecified atom stereocenters. The van der Waals surface area contributed by atoms with Crippen molar-refractivity contribution in [3.05, 3.63) is 83.8 Å². The summed E-state index contributed by atoms with van der Waals surface area (Å²) in [7, 11) is 0. The summed E-state index contributed by atoms with van der Waals surface area (Å²) in [5.74, 6) is 0.485. The number of ketones is 1. The maximum atomic E-state index is 12.3. The van der Waals surface area contributed by atoms with Crippen LogP contribution in [0.1, 0.15) is 26.5 Å². The maximum absolute atomic E-state index is 12.3. The molecule has 0 radical (unpaired) electrons. The first-order valence-electron chi connectivity index (χ1n) is 7.45. The minimum absolute atomic E-state index is 0.153. The van der Waals surface area contributed by atoms with Gasteiger partial charge in [-0.15, -0.1) is 0 Å². The van der Waals surface area contributed by atoms with Gasteiger partial charge in [0, 0.05) is 24.5 Å². The quantitative estimate of drug-likeness (QED) is 0.415. The van der Waals surface area contributed by atoms with Gasteiger partial charge in [0.05, 0.1) is 17.4 Å². The molecular weight excluding hydrogens is 322 g/mol. The van der Waals surface area contributed by atoms with Gasteiger partial charge in [-0.1, -0.05) is 0 Å². The largest absolute Gasteiger partial charge is 0.465 e. The van der Waals surface area contributed by atoms with Gasteiger partial charge in [-0.25, -0.2) is 4.79 Å². The number of carbonyl (C=O) groups is 2. The summed E-state index contributed by atoms with van der Waals surface area (Å²) in [4.78, 5) is 28.3. The predicted molar refractivity (Wildman–Crippen MR) is 87.3 cm³/mol. The molecule has 25 heavy (non-hydrogen) atoms. The Bertz CT molecular complexity index is 974. The molecule has 1 aliphatic rings. The second-order valence-electron chi connectivity index (χ2n) is 5.24. The molecule has 3 aromatic rings. The van der Waals surface area contributed by atoms with Crippen molar-refractivity contribution in [2.45, 2.75) is 0 Å². The summed E-state index contributed by atoms with van der Waals surface area (Å²) < 4.78 is 16.0. The Kier molecular flexibility index (Phi) is 3.63. The van der Waals surface area contributed by atoms with Gasteiger partial charge in [-0.05, 0) is 36.4 Å². The number of hydrogen-bond donors (Lipinski definition) is 0. The fraction of sp³-hybridized carbons (Fsp3) is 0. The predicted octanol–water partition coefficient (Wildman–Crippen LogP) is 3.51. The molecule has 0 N–H and O–H groups in total. The number of pyridine rings is 1. The van der Waals surface area contributed by atoms with Crippen LogP contribution in [0, 0.1) is 0 Å². The first-order valence-corrected chi connectivity index (χ1v) is 7.45. The first-order chi connectivity index (χ1) is 12.2. The fourth-order valence-corrected chi connectivity index (χ4v) is 2.38. The highest BCUT2D eigenvalue weighted by atomic mass is 16.5. The van der Waals surface area contributed by atoms with Crippen LogP contribution in [0.3, 0.4) is 0 Å². The van der Waals surface area contributed by atoms with Crippen LogP contribution in [0.25, 0.3) is 6.08 Å². The molecule has 2 aromatic heterocycles. The zero-order chi connectivity index (χ0) is 17.2. The van der Waals surface area contributed by atoms with Gasteiger partial charge >= 0.3 is 5.97 Å². The van der Waals surface area contributed by atoms with Crippen molar-refractivity contribution in [2.24, 2.45) is 0 Å². The highest BCUT2D eigenvalue weighted by Gasteiger charge is 2.28. The minimum atomic E-state index is -0.538. The minimum Gasteiger partial charge on any atom is -0.465 e. The summed E-state index contributed by atoms with van der Waals surface area (Å²) in [6.45, 7) is 0. The van der Waals surface area contributed by atoms with Crippen molar-refractivity contribution in [2.75, 3.05) is 0 Å². The molecule has 0 bridgehead atoms. The molecule has 3 heterocycles. The van der Waals surface area contributed by atoms with Gasteiger partial charge in [0.25, 0.3) is 0 Å². The monoisotopic (exact) mass is 333 g/mol. The number of aromatic nitrogens is 1. The van der Waals surface area contributed by atoms with Crippen molar-refractivity contribution in [1.29, 1.82) is 0 Å². The van der Waals surface area contributed by atoms with E-state index in [0.717, 1.165) is 0 Å². The molecule has 4 rings (SSSR count). The van der Waals surface area contributed by atoms with Crippen LogP contribution in [0.15, 0.2) is 71.3 Å². The lowest BCUT2D eigenvalue weighted by Crippen LogP contribution is -2.08. The fourth-order valence-electron chi connectivity index (χ4n) is 2.38. The second-order valence-corrected chi connectivity index (χ2v) is 5.24. The Balaban J connectivity index is 1.56. The van der Waals surface area contributed by atoms with Crippen LogP contribution in [0.2, 0.25) is 0 Å². The van der Waals surface area contributed by atoms with E-state index in [1.54, 1.807) is 42.6 Å². The number of rotatable bonds is 3. The van der Waals surface area contributed by atoms with E-state index in [1.165, 1.54) is 24.6 Å². The highest BCUT2D eigenvalue weighted by Crippen LogP contribution is 2.35. The van der Waals surface area contributed by atoms with Crippen LogP contribution in [-0.4, -0.2) is 16.7 Å². The Morgan fingerprint density at radius 3 is 2.84 bits per heavy atom. The standard InChI is InChI=1S/C19H11NO5/c21-18-15-6-5-14(24-19(22)12-3-1-7-20-11-12)10-16(15)25-17(18)9-13-4-2-8-23-13/h1-11H/b17-9-. The smallest absolute Gasteiger partial charge is 0.345 e. The summed E-state index contributed by atoms with van der Waals surface area (Å²) in [5, 5.41) is 0. The molecule has 6 heteroatoms. The molecular formula is C19H11NO5. The third-order valence-electron chi connectivity index (χ3n) is 3.57. The number of esters is 1. The molecule has 122 valence electrons. The number of fused-ring (bicyclic) bond motifs is 1. The van der Waals surface area contributed by atoms with Gasteiger partial charge in [-0.3, -0.25) is 9.78 Å². The highest BCUT2D eigenvalue weighted by molar-refractivity contribution is 6.14. The zero-order valence-electron chi connectivity index (χ0n) is 12.8. The van der Waals surface area contributed by atoms with Crippen molar-refractivity contribution < 1.29 is 23.5 Å². The molecule has 0 fully saturated rings. The molecule has 1 aliphatic heterocycles. The number of carbonyl (C=O) groups excluding carboxylic acids is 2. The normalized spacial score (nSPS) is 14.2. The lowest BCUT2D eigenvalue weighted by atomic mass is 10.1. The molecule has 0 saturated carbocycles. The van der Waals surface area contributed by atoms with E-state index in [2.05, 4.69) is 4.98 Å². The maximum Gasteiger partial charge on any atom is 0.345 e.